The number of ether oxygens (including phenoxy) is 1. The number of ketones is 1. The Balaban J connectivity index is 2.68. The van der Waals surface area contributed by atoms with Crippen molar-refractivity contribution in [3.8, 4) is 0 Å². The van der Waals surface area contributed by atoms with Gasteiger partial charge in [0, 0.05) is 5.71 Å². The van der Waals surface area contributed by atoms with Crippen LogP contribution in [0.5, 0.6) is 0 Å². The number of morpholine rings is 1. The second-order valence-corrected chi connectivity index (χ2v) is 5.31. The van der Waals surface area contributed by atoms with E-state index in [1.54, 1.807) is 6.92 Å². The van der Waals surface area contributed by atoms with Crippen molar-refractivity contribution in [3.05, 3.63) is 11.1 Å². The molecule has 0 aromatic carbocycles. The first kappa shape index (κ1) is 14.4. The zero-order valence-corrected chi connectivity index (χ0v) is 12.0. The third-order valence-electron chi connectivity index (χ3n) is 2.71. The molecule has 1 fully saturated rings. The van der Waals surface area contributed by atoms with Gasteiger partial charge in [-0.1, -0.05) is 22.5 Å². The van der Waals surface area contributed by atoms with Crippen LogP contribution in [0.25, 0.3) is 0 Å². The zero-order chi connectivity index (χ0) is 12.8. The fourth-order valence-electron chi connectivity index (χ4n) is 1.75. The third kappa shape index (κ3) is 5.00. The second kappa shape index (κ2) is 6.91. The number of hydrazone groups is 1. The molecule has 0 aromatic rings. The molecule has 0 N–H and O–H groups in total. The van der Waals surface area contributed by atoms with Gasteiger partial charge in [0.25, 0.3) is 0 Å². The minimum absolute atomic E-state index is 0.125. The van der Waals surface area contributed by atoms with Gasteiger partial charge in [0.2, 0.25) is 0 Å². The Morgan fingerprint density at radius 3 is 2.53 bits per heavy atom. The molecule has 5 heteroatoms. The van der Waals surface area contributed by atoms with Gasteiger partial charge in [-0.2, -0.15) is 5.10 Å². The maximum Gasteiger partial charge on any atom is 0.138 e. The Kier molecular flexibility index (Phi) is 5.85. The van der Waals surface area contributed by atoms with E-state index in [1.165, 1.54) is 0 Å². The molecule has 0 amide bonds. The Bertz CT molecular complexity index is 322. The van der Waals surface area contributed by atoms with E-state index >= 15 is 0 Å². The summed E-state index contributed by atoms with van der Waals surface area (Å²) >= 11 is 3.30. The Hall–Kier alpha value is -0.680. The van der Waals surface area contributed by atoms with Crippen molar-refractivity contribution in [2.45, 2.75) is 20.3 Å². The molecule has 1 atom stereocenters. The van der Waals surface area contributed by atoms with Gasteiger partial charge in [-0.05, 0) is 24.8 Å². The molecule has 17 heavy (non-hydrogen) atoms. The van der Waals surface area contributed by atoms with Crippen molar-refractivity contribution in [2.75, 3.05) is 26.3 Å². The SMILES string of the molecule is C=C(Br)CC(C(C)=O)/C(C)=N\N1CCOCC1. The molecule has 0 spiro atoms. The summed E-state index contributed by atoms with van der Waals surface area (Å²) in [5.41, 5.74) is 0.847. The minimum atomic E-state index is -0.176. The number of nitrogens with zero attached hydrogens (tertiary/aromatic N) is 2. The molecular formula is C12H19BrN2O2. The van der Waals surface area contributed by atoms with Crippen molar-refractivity contribution >= 4 is 27.4 Å². The predicted molar refractivity (Wildman–Crippen MR) is 72.4 cm³/mol. The first-order chi connectivity index (χ1) is 8.00. The summed E-state index contributed by atoms with van der Waals surface area (Å²) in [6, 6.07) is 0. The molecule has 0 saturated carbocycles. The average molecular weight is 303 g/mol. The van der Waals surface area contributed by atoms with Crippen LogP contribution < -0.4 is 0 Å². The van der Waals surface area contributed by atoms with Gasteiger partial charge in [0.15, 0.2) is 0 Å². The quantitative estimate of drug-likeness (QED) is 0.731. The van der Waals surface area contributed by atoms with Crippen LogP contribution in [0.3, 0.4) is 0 Å². The van der Waals surface area contributed by atoms with Crippen LogP contribution in [0.2, 0.25) is 0 Å². The predicted octanol–water partition coefficient (Wildman–Crippen LogP) is 2.20. The van der Waals surface area contributed by atoms with Crippen LogP contribution in [0.1, 0.15) is 20.3 Å². The molecule has 1 aliphatic rings. The molecule has 0 bridgehead atoms. The van der Waals surface area contributed by atoms with Crippen molar-refractivity contribution in [3.63, 3.8) is 0 Å². The lowest BCUT2D eigenvalue weighted by atomic mass is 9.96. The summed E-state index contributed by atoms with van der Waals surface area (Å²) in [5.74, 6) is -0.0511. The molecule has 1 rings (SSSR count). The molecule has 0 aromatic heterocycles. The molecule has 1 heterocycles. The normalized spacial score (nSPS) is 19.0. The molecule has 96 valence electrons. The zero-order valence-electron chi connectivity index (χ0n) is 10.4. The largest absolute Gasteiger partial charge is 0.378 e. The number of carbonyl (C=O) groups excluding carboxylic acids is 1. The van der Waals surface area contributed by atoms with Crippen LogP contribution in [0.4, 0.5) is 0 Å². The summed E-state index contributed by atoms with van der Waals surface area (Å²) in [4.78, 5) is 11.6. The van der Waals surface area contributed by atoms with Gasteiger partial charge < -0.3 is 4.74 Å². The van der Waals surface area contributed by atoms with Crippen LogP contribution in [0, 0.1) is 5.92 Å². The number of hydrogen-bond acceptors (Lipinski definition) is 4. The molecule has 4 nitrogen and oxygen atoms in total. The summed E-state index contributed by atoms with van der Waals surface area (Å²) in [6.45, 7) is 10.3. The van der Waals surface area contributed by atoms with E-state index in [0.717, 1.165) is 23.3 Å². The molecule has 1 saturated heterocycles. The van der Waals surface area contributed by atoms with Crippen molar-refractivity contribution in [2.24, 2.45) is 11.0 Å². The lowest BCUT2D eigenvalue weighted by Crippen LogP contribution is -2.34. The van der Waals surface area contributed by atoms with Gasteiger partial charge in [-0.3, -0.25) is 9.80 Å². The summed E-state index contributed by atoms with van der Waals surface area (Å²) in [6.07, 6.45) is 0.606. The fraction of sp³-hybridized carbons (Fsp3) is 0.667. The third-order valence-corrected chi connectivity index (χ3v) is 3.03. The molecule has 1 unspecified atom stereocenters. The maximum atomic E-state index is 11.6. The van der Waals surface area contributed by atoms with E-state index in [0.29, 0.717) is 19.6 Å². The Morgan fingerprint density at radius 1 is 1.47 bits per heavy atom. The highest BCUT2D eigenvalue weighted by Crippen LogP contribution is 2.18. The Morgan fingerprint density at radius 2 is 2.06 bits per heavy atom. The second-order valence-electron chi connectivity index (χ2n) is 4.19. The number of carbonyl (C=O) groups is 1. The van der Waals surface area contributed by atoms with Gasteiger partial charge in [0.1, 0.15) is 5.78 Å². The van der Waals surface area contributed by atoms with Gasteiger partial charge in [-0.15, -0.1) is 0 Å². The maximum absolute atomic E-state index is 11.6. The molecule has 0 aliphatic carbocycles. The lowest BCUT2D eigenvalue weighted by molar-refractivity contribution is -0.118. The number of halogens is 1. The number of hydrogen-bond donors (Lipinski definition) is 0. The minimum Gasteiger partial charge on any atom is -0.378 e. The van der Waals surface area contributed by atoms with Crippen LogP contribution in [-0.4, -0.2) is 42.8 Å². The molecule has 0 radical (unpaired) electrons. The van der Waals surface area contributed by atoms with E-state index in [2.05, 4.69) is 27.6 Å². The summed E-state index contributed by atoms with van der Waals surface area (Å²) in [5, 5.41) is 6.46. The standard InChI is InChI=1S/C12H19BrN2O2/c1-9(13)8-12(11(3)16)10(2)14-15-4-6-17-7-5-15/h12H,1,4-8H2,2-3H3/b14-10-. The van der Waals surface area contributed by atoms with E-state index in [1.807, 2.05) is 11.9 Å². The monoisotopic (exact) mass is 302 g/mol. The fourth-order valence-corrected chi connectivity index (χ4v) is 2.08. The van der Waals surface area contributed by atoms with E-state index in [-0.39, 0.29) is 11.7 Å². The number of allylic oxidation sites excluding steroid dienone is 1. The van der Waals surface area contributed by atoms with E-state index < -0.39 is 0 Å². The smallest absolute Gasteiger partial charge is 0.138 e. The highest BCUT2D eigenvalue weighted by molar-refractivity contribution is 9.11. The van der Waals surface area contributed by atoms with Crippen molar-refractivity contribution in [1.82, 2.24) is 5.01 Å². The number of Topliss-reactive ketones (excluding diaryl/α,β-unsaturated/α-hetero) is 1. The topological polar surface area (TPSA) is 41.9 Å². The van der Waals surface area contributed by atoms with E-state index in [4.69, 9.17) is 4.74 Å². The van der Waals surface area contributed by atoms with Gasteiger partial charge >= 0.3 is 0 Å². The first-order valence-electron chi connectivity index (χ1n) is 5.72. The Labute approximate surface area is 111 Å². The number of rotatable bonds is 5. The molecule has 1 aliphatic heterocycles. The van der Waals surface area contributed by atoms with Gasteiger partial charge in [0.05, 0.1) is 32.2 Å². The van der Waals surface area contributed by atoms with Crippen molar-refractivity contribution < 1.29 is 9.53 Å². The lowest BCUT2D eigenvalue weighted by Gasteiger charge is -2.25. The summed E-state index contributed by atoms with van der Waals surface area (Å²) in [7, 11) is 0. The van der Waals surface area contributed by atoms with Crippen LogP contribution in [-0.2, 0) is 9.53 Å². The van der Waals surface area contributed by atoms with Gasteiger partial charge in [-0.25, -0.2) is 0 Å². The average Bonchev–Trinajstić information content (AvgIpc) is 2.26. The molecular weight excluding hydrogens is 284 g/mol. The summed E-state index contributed by atoms with van der Waals surface area (Å²) < 4.78 is 6.08. The van der Waals surface area contributed by atoms with Crippen LogP contribution >= 0.6 is 15.9 Å². The highest BCUT2D eigenvalue weighted by atomic mass is 79.9. The van der Waals surface area contributed by atoms with Crippen LogP contribution in [0.15, 0.2) is 16.2 Å². The van der Waals surface area contributed by atoms with Crippen molar-refractivity contribution in [1.29, 1.82) is 0 Å². The highest BCUT2D eigenvalue weighted by Gasteiger charge is 2.19. The van der Waals surface area contributed by atoms with E-state index in [9.17, 15) is 4.79 Å². The first-order valence-corrected chi connectivity index (χ1v) is 6.51.